The third-order valence-corrected chi connectivity index (χ3v) is 1.18. The van der Waals surface area contributed by atoms with Crippen LogP contribution in [0.3, 0.4) is 0 Å². The van der Waals surface area contributed by atoms with Crippen LogP contribution in [0.15, 0.2) is 24.0 Å². The van der Waals surface area contributed by atoms with Crippen LogP contribution >= 0.6 is 0 Å². The molecule has 0 saturated heterocycles. The quantitative estimate of drug-likeness (QED) is 0.571. The highest BCUT2D eigenvalue weighted by Gasteiger charge is 1.87. The summed E-state index contributed by atoms with van der Waals surface area (Å²) in [5, 5.41) is 0. The zero-order chi connectivity index (χ0) is 8.27. The van der Waals surface area contributed by atoms with Crippen LogP contribution in [0, 0.1) is 0 Å². The molecule has 0 aliphatic heterocycles. The van der Waals surface area contributed by atoms with Crippen molar-refractivity contribution in [2.45, 2.75) is 6.92 Å². The number of nitrogens with two attached hydrogens (primary N) is 1. The summed E-state index contributed by atoms with van der Waals surface area (Å²) >= 11 is 0. The molecule has 0 aromatic carbocycles. The van der Waals surface area contributed by atoms with Crippen LogP contribution in [-0.2, 0) is 0 Å². The van der Waals surface area contributed by atoms with Gasteiger partial charge in [0.25, 0.3) is 0 Å². The van der Waals surface area contributed by atoms with Crippen LogP contribution in [0.1, 0.15) is 12.6 Å². The lowest BCUT2D eigenvalue weighted by Crippen LogP contribution is -2.02. The van der Waals surface area contributed by atoms with E-state index in [2.05, 4.69) is 4.98 Å². The van der Waals surface area contributed by atoms with Crippen LogP contribution < -0.4 is 11.2 Å². The van der Waals surface area contributed by atoms with Crippen molar-refractivity contribution >= 4 is 19.4 Å². The van der Waals surface area contributed by atoms with E-state index in [0.29, 0.717) is 5.46 Å². The first kappa shape index (κ1) is 7.86. The molecule has 0 bridgehead atoms. The maximum atomic E-state index is 5.45. The van der Waals surface area contributed by atoms with Gasteiger partial charge in [-0.15, -0.1) is 0 Å². The Bertz CT molecular complexity index is 260. The van der Waals surface area contributed by atoms with E-state index in [9.17, 15) is 0 Å². The van der Waals surface area contributed by atoms with Gasteiger partial charge in [0.2, 0.25) is 0 Å². The van der Waals surface area contributed by atoms with E-state index in [1.54, 1.807) is 18.3 Å². The first-order chi connectivity index (χ1) is 5.18. The number of pyridine rings is 1. The van der Waals surface area contributed by atoms with Gasteiger partial charge in [0, 0.05) is 11.9 Å². The number of aromatic nitrogens is 1. The summed E-state index contributed by atoms with van der Waals surface area (Å²) in [5.41, 5.74) is 7.69. The zero-order valence-corrected chi connectivity index (χ0v) is 6.41. The van der Waals surface area contributed by atoms with Crippen molar-refractivity contribution in [1.29, 1.82) is 0 Å². The van der Waals surface area contributed by atoms with Crippen LogP contribution in [0.4, 0.5) is 0 Å². The summed E-state index contributed by atoms with van der Waals surface area (Å²) in [4.78, 5) is 4.04. The molecule has 2 N–H and O–H groups in total. The lowest BCUT2D eigenvalue weighted by Gasteiger charge is -1.94. The highest BCUT2D eigenvalue weighted by atomic mass is 14.7. The minimum atomic E-state index is 0.664. The molecule has 0 aliphatic carbocycles. The first-order valence-electron chi connectivity index (χ1n) is 3.34. The molecular formula is C8H9BN2. The first-order valence-corrected chi connectivity index (χ1v) is 3.34. The molecule has 1 aromatic rings. The molecule has 0 spiro atoms. The summed E-state index contributed by atoms with van der Waals surface area (Å²) in [6.45, 7) is 1.82. The van der Waals surface area contributed by atoms with E-state index in [4.69, 9.17) is 13.6 Å². The molecule has 0 aliphatic rings. The average molecular weight is 144 g/mol. The Balaban J connectivity index is 2.91. The Morgan fingerprint density at radius 1 is 1.64 bits per heavy atom. The molecule has 1 rings (SSSR count). The van der Waals surface area contributed by atoms with Crippen molar-refractivity contribution < 1.29 is 0 Å². The van der Waals surface area contributed by atoms with Crippen molar-refractivity contribution in [2.75, 3.05) is 0 Å². The number of allylic oxidation sites excluding steroid dienone is 1. The van der Waals surface area contributed by atoms with Gasteiger partial charge >= 0.3 is 0 Å². The lowest BCUT2D eigenvalue weighted by atomic mass is 9.99. The Morgan fingerprint density at radius 2 is 2.36 bits per heavy atom. The molecule has 2 nitrogen and oxygen atoms in total. The standard InChI is InChI=1S/C8H9BN2/c1-6(10)4-8-3-2-7(9)5-11-8/h2-5H,10H2,1H3/b6-4-. The molecule has 3 heteroatoms. The third-order valence-electron chi connectivity index (χ3n) is 1.18. The highest BCUT2D eigenvalue weighted by Crippen LogP contribution is 1.96. The predicted octanol–water partition coefficient (Wildman–Crippen LogP) is 0.195. The van der Waals surface area contributed by atoms with Crippen LogP contribution in [0.2, 0.25) is 0 Å². The fourth-order valence-corrected chi connectivity index (χ4v) is 0.735. The number of rotatable bonds is 1. The second-order valence-corrected chi connectivity index (χ2v) is 2.40. The fraction of sp³-hybridized carbons (Fsp3) is 0.125. The number of nitrogens with zero attached hydrogens (tertiary/aromatic N) is 1. The van der Waals surface area contributed by atoms with Gasteiger partial charge in [-0.1, -0.05) is 11.5 Å². The maximum absolute atomic E-state index is 5.45. The second kappa shape index (κ2) is 3.24. The smallest absolute Gasteiger partial charge is 0.115 e. The Morgan fingerprint density at radius 3 is 2.82 bits per heavy atom. The van der Waals surface area contributed by atoms with E-state index >= 15 is 0 Å². The Labute approximate surface area is 67.5 Å². The fourth-order valence-electron chi connectivity index (χ4n) is 0.735. The molecule has 0 fully saturated rings. The van der Waals surface area contributed by atoms with Crippen LogP contribution in [-0.4, -0.2) is 12.8 Å². The van der Waals surface area contributed by atoms with Gasteiger partial charge in [0.05, 0.1) is 5.69 Å². The van der Waals surface area contributed by atoms with Crippen molar-refractivity contribution in [3.05, 3.63) is 29.7 Å². The van der Waals surface area contributed by atoms with Crippen molar-refractivity contribution in [3.63, 3.8) is 0 Å². The van der Waals surface area contributed by atoms with E-state index in [1.165, 1.54) is 0 Å². The summed E-state index contributed by atoms with van der Waals surface area (Å²) in [5.74, 6) is 0. The number of hydrogen-bond acceptors (Lipinski definition) is 2. The van der Waals surface area contributed by atoms with Gasteiger partial charge in [0.1, 0.15) is 7.85 Å². The minimum Gasteiger partial charge on any atom is -0.402 e. The monoisotopic (exact) mass is 144 g/mol. The molecule has 1 heterocycles. The Hall–Kier alpha value is -1.25. The molecule has 11 heavy (non-hydrogen) atoms. The van der Waals surface area contributed by atoms with Gasteiger partial charge in [-0.25, -0.2) is 0 Å². The maximum Gasteiger partial charge on any atom is 0.115 e. The molecule has 0 atom stereocenters. The van der Waals surface area contributed by atoms with E-state index in [0.717, 1.165) is 11.4 Å². The van der Waals surface area contributed by atoms with Crippen molar-refractivity contribution in [3.8, 4) is 0 Å². The van der Waals surface area contributed by atoms with Gasteiger partial charge in [0.15, 0.2) is 0 Å². The van der Waals surface area contributed by atoms with Gasteiger partial charge in [-0.05, 0) is 19.1 Å². The van der Waals surface area contributed by atoms with Gasteiger partial charge < -0.3 is 5.73 Å². The van der Waals surface area contributed by atoms with Gasteiger partial charge in [-0.2, -0.15) is 0 Å². The normalized spacial score (nSPS) is 11.5. The molecule has 0 unspecified atom stereocenters. The molecule has 2 radical (unpaired) electrons. The molecule has 1 aromatic heterocycles. The molecule has 54 valence electrons. The van der Waals surface area contributed by atoms with E-state index in [-0.39, 0.29) is 0 Å². The van der Waals surface area contributed by atoms with Crippen LogP contribution in [0.25, 0.3) is 6.08 Å². The lowest BCUT2D eigenvalue weighted by molar-refractivity contribution is 1.28. The SMILES string of the molecule is [B]c1ccc(/C=C(/C)N)nc1. The molecular weight excluding hydrogens is 135 g/mol. The van der Waals surface area contributed by atoms with Gasteiger partial charge in [-0.3, -0.25) is 4.98 Å². The predicted molar refractivity (Wildman–Crippen MR) is 47.5 cm³/mol. The minimum absolute atomic E-state index is 0.664. The molecule has 0 amide bonds. The number of hydrogen-bond donors (Lipinski definition) is 1. The highest BCUT2D eigenvalue weighted by molar-refractivity contribution is 6.32. The Kier molecular flexibility index (Phi) is 2.31. The zero-order valence-electron chi connectivity index (χ0n) is 6.41. The topological polar surface area (TPSA) is 38.9 Å². The molecule has 0 saturated carbocycles. The third kappa shape index (κ3) is 2.46. The van der Waals surface area contributed by atoms with Crippen LogP contribution in [0.5, 0.6) is 0 Å². The summed E-state index contributed by atoms with van der Waals surface area (Å²) in [6, 6.07) is 3.62. The second-order valence-electron chi connectivity index (χ2n) is 2.40. The summed E-state index contributed by atoms with van der Waals surface area (Å²) in [7, 11) is 5.44. The summed E-state index contributed by atoms with van der Waals surface area (Å²) in [6.07, 6.45) is 3.40. The van der Waals surface area contributed by atoms with Crippen molar-refractivity contribution in [2.24, 2.45) is 5.73 Å². The largest absolute Gasteiger partial charge is 0.402 e. The van der Waals surface area contributed by atoms with E-state index in [1.807, 2.05) is 13.0 Å². The van der Waals surface area contributed by atoms with E-state index < -0.39 is 0 Å². The summed E-state index contributed by atoms with van der Waals surface area (Å²) < 4.78 is 0. The average Bonchev–Trinajstić information content (AvgIpc) is 1.93. The van der Waals surface area contributed by atoms with Crippen molar-refractivity contribution in [1.82, 2.24) is 4.98 Å².